The lowest BCUT2D eigenvalue weighted by Gasteiger charge is -2.02. The normalized spacial score (nSPS) is 13.0. The Morgan fingerprint density at radius 3 is 2.92 bits per heavy atom. The molecule has 0 saturated heterocycles. The van der Waals surface area contributed by atoms with Gasteiger partial charge in [-0.2, -0.15) is 0 Å². The number of fused-ring (bicyclic) bond motifs is 1. The van der Waals surface area contributed by atoms with Crippen LogP contribution >= 0.6 is 0 Å². The van der Waals surface area contributed by atoms with E-state index in [4.69, 9.17) is 9.47 Å². The van der Waals surface area contributed by atoms with Gasteiger partial charge in [0.05, 0.1) is 0 Å². The van der Waals surface area contributed by atoms with Gasteiger partial charge in [-0.3, -0.25) is 0 Å². The lowest BCUT2D eigenvalue weighted by molar-refractivity contribution is 0.174. The molecule has 1 aromatic carbocycles. The molecule has 1 aliphatic rings. The van der Waals surface area contributed by atoms with Crippen LogP contribution in [0, 0.1) is 0 Å². The minimum Gasteiger partial charge on any atom is -0.454 e. The molecule has 0 radical (unpaired) electrons. The van der Waals surface area contributed by atoms with Crippen molar-refractivity contribution in [1.29, 1.82) is 0 Å². The number of ether oxygens (including phenoxy) is 2. The first-order chi connectivity index (χ1) is 6.31. The molecular weight excluding hydrogens is 171 g/mol. The van der Waals surface area contributed by atoms with Crippen LogP contribution in [0.4, 0.5) is 4.39 Å². The van der Waals surface area contributed by atoms with Crippen LogP contribution in [-0.4, -0.2) is 13.5 Å². The van der Waals surface area contributed by atoms with E-state index in [1.165, 1.54) is 0 Å². The minimum absolute atomic E-state index is 0.237. The van der Waals surface area contributed by atoms with Crippen LogP contribution in [0.1, 0.15) is 5.56 Å². The first kappa shape index (κ1) is 8.10. The molecule has 0 aromatic heterocycles. The summed E-state index contributed by atoms with van der Waals surface area (Å²) in [5, 5.41) is 0. The Morgan fingerprint density at radius 1 is 1.38 bits per heavy atom. The number of benzene rings is 1. The largest absolute Gasteiger partial charge is 0.454 e. The molecule has 1 heterocycles. The molecule has 3 heteroatoms. The number of rotatable bonds is 2. The number of hydrogen-bond acceptors (Lipinski definition) is 2. The van der Waals surface area contributed by atoms with Crippen molar-refractivity contribution in [2.75, 3.05) is 13.5 Å². The Balaban J connectivity index is 2.36. The number of halogens is 1. The third-order valence-corrected chi connectivity index (χ3v) is 1.94. The summed E-state index contributed by atoms with van der Waals surface area (Å²) in [6, 6.07) is 5.28. The van der Waals surface area contributed by atoms with E-state index in [2.05, 4.69) is 6.58 Å². The summed E-state index contributed by atoms with van der Waals surface area (Å²) in [4.78, 5) is 0. The lowest BCUT2D eigenvalue weighted by atomic mass is 10.1. The maximum Gasteiger partial charge on any atom is 0.231 e. The van der Waals surface area contributed by atoms with Gasteiger partial charge in [0.25, 0.3) is 0 Å². The Hall–Kier alpha value is -1.51. The van der Waals surface area contributed by atoms with Crippen molar-refractivity contribution in [1.82, 2.24) is 0 Å². The van der Waals surface area contributed by atoms with Gasteiger partial charge in [0, 0.05) is 0 Å². The summed E-state index contributed by atoms with van der Waals surface area (Å²) >= 11 is 0. The van der Waals surface area contributed by atoms with Gasteiger partial charge in [0.1, 0.15) is 6.67 Å². The number of hydrogen-bond donors (Lipinski definition) is 0. The molecular formula is C10H9FO2. The second kappa shape index (κ2) is 3.09. The standard InChI is InChI=1S/C10H9FO2/c1-7(5-11)8-2-3-9-10(4-8)13-6-12-9/h2-4H,1,5-6H2. The SMILES string of the molecule is C=C(CF)c1ccc2c(c1)OCO2. The monoisotopic (exact) mass is 180 g/mol. The van der Waals surface area contributed by atoms with Gasteiger partial charge in [-0.05, 0) is 23.3 Å². The molecule has 0 bridgehead atoms. The maximum atomic E-state index is 12.3. The molecule has 13 heavy (non-hydrogen) atoms. The highest BCUT2D eigenvalue weighted by molar-refractivity contribution is 5.67. The van der Waals surface area contributed by atoms with Crippen molar-refractivity contribution in [2.45, 2.75) is 0 Å². The van der Waals surface area contributed by atoms with Crippen LogP contribution in [-0.2, 0) is 0 Å². The van der Waals surface area contributed by atoms with Gasteiger partial charge >= 0.3 is 0 Å². The first-order valence-corrected chi connectivity index (χ1v) is 3.95. The molecule has 2 rings (SSSR count). The van der Waals surface area contributed by atoms with Crippen molar-refractivity contribution in [2.24, 2.45) is 0 Å². The second-order valence-electron chi connectivity index (χ2n) is 2.81. The summed E-state index contributed by atoms with van der Waals surface area (Å²) in [6.45, 7) is 3.29. The molecule has 68 valence electrons. The van der Waals surface area contributed by atoms with Crippen molar-refractivity contribution in [3.63, 3.8) is 0 Å². The highest BCUT2D eigenvalue weighted by Crippen LogP contribution is 2.34. The van der Waals surface area contributed by atoms with Gasteiger partial charge < -0.3 is 9.47 Å². The van der Waals surface area contributed by atoms with E-state index in [-0.39, 0.29) is 6.79 Å². The Kier molecular flexibility index (Phi) is 1.93. The van der Waals surface area contributed by atoms with Gasteiger partial charge in [0.2, 0.25) is 6.79 Å². The van der Waals surface area contributed by atoms with E-state index in [0.717, 1.165) is 5.56 Å². The lowest BCUT2D eigenvalue weighted by Crippen LogP contribution is -1.92. The van der Waals surface area contributed by atoms with Crippen LogP contribution < -0.4 is 9.47 Å². The molecule has 0 N–H and O–H groups in total. The number of allylic oxidation sites excluding steroid dienone is 1. The second-order valence-corrected chi connectivity index (χ2v) is 2.81. The van der Waals surface area contributed by atoms with E-state index < -0.39 is 6.67 Å². The van der Waals surface area contributed by atoms with Crippen LogP contribution in [0.15, 0.2) is 24.8 Å². The predicted molar refractivity (Wildman–Crippen MR) is 47.6 cm³/mol. The molecule has 1 aromatic rings. The van der Waals surface area contributed by atoms with Crippen molar-refractivity contribution in [3.05, 3.63) is 30.3 Å². The summed E-state index contributed by atoms with van der Waals surface area (Å²) in [5.74, 6) is 1.36. The van der Waals surface area contributed by atoms with Crippen LogP contribution in [0.3, 0.4) is 0 Å². The van der Waals surface area contributed by atoms with Gasteiger partial charge in [-0.25, -0.2) is 4.39 Å². The zero-order chi connectivity index (χ0) is 9.26. The van der Waals surface area contributed by atoms with E-state index in [1.54, 1.807) is 18.2 Å². The zero-order valence-corrected chi connectivity index (χ0v) is 7.05. The number of alkyl halides is 1. The van der Waals surface area contributed by atoms with Gasteiger partial charge in [-0.1, -0.05) is 12.6 Å². The maximum absolute atomic E-state index is 12.3. The molecule has 1 aliphatic heterocycles. The average Bonchev–Trinajstić information content (AvgIpc) is 2.63. The summed E-state index contributed by atoms with van der Waals surface area (Å²) < 4.78 is 22.5. The first-order valence-electron chi connectivity index (χ1n) is 3.95. The summed E-state index contributed by atoms with van der Waals surface area (Å²) in [7, 11) is 0. The average molecular weight is 180 g/mol. The molecule has 0 amide bonds. The Bertz CT molecular complexity index is 347. The van der Waals surface area contributed by atoms with Crippen molar-refractivity contribution >= 4 is 5.57 Å². The van der Waals surface area contributed by atoms with Crippen molar-refractivity contribution in [3.8, 4) is 11.5 Å². The fraction of sp³-hybridized carbons (Fsp3) is 0.200. The molecule has 0 atom stereocenters. The molecule has 2 nitrogen and oxygen atoms in total. The van der Waals surface area contributed by atoms with Crippen molar-refractivity contribution < 1.29 is 13.9 Å². The third-order valence-electron chi connectivity index (χ3n) is 1.94. The highest BCUT2D eigenvalue weighted by Gasteiger charge is 2.13. The van der Waals surface area contributed by atoms with Gasteiger partial charge in [-0.15, -0.1) is 0 Å². The summed E-state index contributed by atoms with van der Waals surface area (Å²) in [5.41, 5.74) is 1.21. The van der Waals surface area contributed by atoms with Crippen LogP contribution in [0.2, 0.25) is 0 Å². The minimum atomic E-state index is -0.542. The van der Waals surface area contributed by atoms with E-state index >= 15 is 0 Å². The van der Waals surface area contributed by atoms with Crippen LogP contribution in [0.5, 0.6) is 11.5 Å². The Labute approximate surface area is 75.6 Å². The zero-order valence-electron chi connectivity index (χ0n) is 7.05. The van der Waals surface area contributed by atoms with E-state index in [9.17, 15) is 4.39 Å². The fourth-order valence-corrected chi connectivity index (χ4v) is 1.19. The quantitative estimate of drug-likeness (QED) is 0.695. The van der Waals surface area contributed by atoms with Gasteiger partial charge in [0.15, 0.2) is 11.5 Å². The molecule has 0 fully saturated rings. The smallest absolute Gasteiger partial charge is 0.231 e. The topological polar surface area (TPSA) is 18.5 Å². The third kappa shape index (κ3) is 1.37. The predicted octanol–water partition coefficient (Wildman–Crippen LogP) is 2.40. The molecule has 0 saturated carbocycles. The van der Waals surface area contributed by atoms with E-state index in [0.29, 0.717) is 17.1 Å². The molecule has 0 spiro atoms. The fourth-order valence-electron chi connectivity index (χ4n) is 1.19. The van der Waals surface area contributed by atoms with E-state index in [1.807, 2.05) is 0 Å². The Morgan fingerprint density at radius 2 is 2.15 bits per heavy atom. The highest BCUT2D eigenvalue weighted by atomic mass is 19.1. The molecule has 0 unspecified atom stereocenters. The summed E-state index contributed by atoms with van der Waals surface area (Å²) in [6.07, 6.45) is 0. The van der Waals surface area contributed by atoms with Crippen LogP contribution in [0.25, 0.3) is 5.57 Å². The molecule has 0 aliphatic carbocycles.